The topological polar surface area (TPSA) is 107 Å². The van der Waals surface area contributed by atoms with Crippen molar-refractivity contribution in [2.75, 3.05) is 13.1 Å². The third kappa shape index (κ3) is 9.01. The Labute approximate surface area is 251 Å². The number of rotatable bonds is 10. The van der Waals surface area contributed by atoms with Crippen LogP contribution in [0.5, 0.6) is 0 Å². The van der Waals surface area contributed by atoms with Crippen molar-refractivity contribution in [3.05, 3.63) is 36.0 Å². The lowest BCUT2D eigenvalue weighted by atomic mass is 9.87. The third-order valence-corrected chi connectivity index (χ3v) is 9.15. The number of carbonyl (C=O) groups is 3. The first-order chi connectivity index (χ1) is 20.1. The zero-order chi connectivity index (χ0) is 30.3. The van der Waals surface area contributed by atoms with Gasteiger partial charge in [0, 0.05) is 38.4 Å². The predicted octanol–water partition coefficient (Wildman–Crippen LogP) is 5.04. The summed E-state index contributed by atoms with van der Waals surface area (Å²) in [5, 5.41) is 3.07. The summed E-state index contributed by atoms with van der Waals surface area (Å²) >= 11 is 0. The Morgan fingerprint density at radius 2 is 1.81 bits per heavy atom. The van der Waals surface area contributed by atoms with E-state index in [1.165, 1.54) is 6.08 Å². The van der Waals surface area contributed by atoms with E-state index in [1.807, 2.05) is 6.92 Å². The quantitative estimate of drug-likeness (QED) is 0.165. The zero-order valence-electron chi connectivity index (χ0n) is 26.0. The summed E-state index contributed by atoms with van der Waals surface area (Å²) in [6, 6.07) is -0.0910. The van der Waals surface area contributed by atoms with Gasteiger partial charge >= 0.3 is 6.09 Å². The van der Waals surface area contributed by atoms with Crippen molar-refractivity contribution in [1.29, 1.82) is 0 Å². The van der Waals surface area contributed by atoms with Gasteiger partial charge in [-0.2, -0.15) is 0 Å². The molecule has 9 atom stereocenters. The molecule has 0 aromatic heterocycles. The first kappa shape index (κ1) is 32.4. The number of piperidine rings is 1. The molecule has 4 heterocycles. The number of hydrogen-bond acceptors (Lipinski definition) is 7. The first-order valence-corrected chi connectivity index (χ1v) is 15.8. The molecule has 234 valence electrons. The molecular weight excluding hydrogens is 536 g/mol. The number of epoxide rings is 1. The van der Waals surface area contributed by atoms with E-state index in [0.717, 1.165) is 69.9 Å². The highest BCUT2D eigenvalue weighted by Gasteiger charge is 2.57. The fourth-order valence-corrected chi connectivity index (χ4v) is 6.40. The van der Waals surface area contributed by atoms with E-state index in [1.54, 1.807) is 17.9 Å². The minimum Gasteiger partial charge on any atom is -0.442 e. The van der Waals surface area contributed by atoms with Crippen molar-refractivity contribution in [2.45, 2.75) is 134 Å². The van der Waals surface area contributed by atoms with E-state index in [4.69, 9.17) is 18.9 Å². The van der Waals surface area contributed by atoms with Crippen LogP contribution < -0.4 is 5.32 Å². The molecule has 4 aliphatic heterocycles. The predicted molar refractivity (Wildman–Crippen MR) is 160 cm³/mol. The van der Waals surface area contributed by atoms with Crippen LogP contribution in [0.3, 0.4) is 0 Å². The lowest BCUT2D eigenvalue weighted by Gasteiger charge is -2.39. The van der Waals surface area contributed by atoms with Gasteiger partial charge in [0.1, 0.15) is 12.4 Å². The molecule has 1 spiro atoms. The maximum atomic E-state index is 12.6. The van der Waals surface area contributed by atoms with Gasteiger partial charge in [0.05, 0.1) is 42.2 Å². The number of allylic oxidation sites excluding steroid dienone is 2. The molecule has 0 saturated carbocycles. The molecule has 0 aromatic rings. The zero-order valence-corrected chi connectivity index (χ0v) is 26.0. The molecule has 0 aromatic carbocycles. The van der Waals surface area contributed by atoms with Gasteiger partial charge in [-0.15, -0.1) is 0 Å². The van der Waals surface area contributed by atoms with Gasteiger partial charge in [-0.1, -0.05) is 30.7 Å². The van der Waals surface area contributed by atoms with E-state index in [9.17, 15) is 14.4 Å². The van der Waals surface area contributed by atoms with Gasteiger partial charge in [0.15, 0.2) is 0 Å². The van der Waals surface area contributed by atoms with Crippen molar-refractivity contribution < 1.29 is 33.3 Å². The highest BCUT2D eigenvalue weighted by Crippen LogP contribution is 2.48. The molecule has 9 nitrogen and oxygen atoms in total. The molecule has 0 radical (unpaired) electrons. The van der Waals surface area contributed by atoms with Crippen LogP contribution in [0.1, 0.15) is 86.0 Å². The molecule has 1 N–H and O–H groups in total. The van der Waals surface area contributed by atoms with Gasteiger partial charge in [0.2, 0.25) is 5.91 Å². The van der Waals surface area contributed by atoms with Crippen LogP contribution in [0, 0.1) is 5.92 Å². The van der Waals surface area contributed by atoms with Crippen molar-refractivity contribution in [3.63, 3.8) is 0 Å². The fraction of sp³-hybridized carbons (Fsp3) is 0.727. The van der Waals surface area contributed by atoms with Crippen LogP contribution in [0.25, 0.3) is 0 Å². The largest absolute Gasteiger partial charge is 0.442 e. The van der Waals surface area contributed by atoms with Gasteiger partial charge < -0.3 is 34.0 Å². The number of hydrogen-bond donors (Lipinski definition) is 1. The number of nitrogens with zero attached hydrogens (tertiary/aromatic N) is 1. The summed E-state index contributed by atoms with van der Waals surface area (Å²) in [6.45, 7) is 11.5. The Morgan fingerprint density at radius 3 is 2.50 bits per heavy atom. The summed E-state index contributed by atoms with van der Waals surface area (Å²) in [6.07, 6.45) is 16.3. The summed E-state index contributed by atoms with van der Waals surface area (Å²) in [5.41, 5.74) is 0.994. The SMILES string of the molecule is CC(/C=C/C1CC2(C[C@@H](CC=O)O1)OC2C)=C\C[C@@H]1OC(C)C(NC(=O)/C=C\C(C)OC(=O)N2CCCCC2)CC1C. The summed E-state index contributed by atoms with van der Waals surface area (Å²) in [4.78, 5) is 37.7. The summed E-state index contributed by atoms with van der Waals surface area (Å²) in [7, 11) is 0. The number of likely N-dealkylation sites (tertiary alicyclic amines) is 1. The molecule has 4 saturated heterocycles. The Kier molecular flexibility index (Phi) is 11.4. The number of ether oxygens (including phenoxy) is 4. The van der Waals surface area contributed by atoms with Crippen molar-refractivity contribution in [1.82, 2.24) is 10.2 Å². The van der Waals surface area contributed by atoms with Gasteiger partial charge in [0.25, 0.3) is 0 Å². The molecule has 2 amide bonds. The average molecular weight is 587 g/mol. The van der Waals surface area contributed by atoms with Gasteiger partial charge in [-0.05, 0) is 71.8 Å². The van der Waals surface area contributed by atoms with Gasteiger partial charge in [-0.25, -0.2) is 4.79 Å². The highest BCUT2D eigenvalue weighted by molar-refractivity contribution is 5.87. The smallest absolute Gasteiger partial charge is 0.410 e. The fourth-order valence-electron chi connectivity index (χ4n) is 6.40. The maximum absolute atomic E-state index is 12.6. The van der Waals surface area contributed by atoms with E-state index in [0.29, 0.717) is 6.42 Å². The van der Waals surface area contributed by atoms with E-state index in [-0.39, 0.29) is 60.1 Å². The van der Waals surface area contributed by atoms with Crippen LogP contribution in [0.4, 0.5) is 4.79 Å². The monoisotopic (exact) mass is 586 g/mol. The number of aldehydes is 1. The van der Waals surface area contributed by atoms with Crippen LogP contribution in [-0.4, -0.2) is 84.5 Å². The molecule has 42 heavy (non-hydrogen) atoms. The molecule has 0 bridgehead atoms. The molecule has 7 unspecified atom stereocenters. The molecule has 4 fully saturated rings. The Balaban J connectivity index is 1.20. The second kappa shape index (κ2) is 14.8. The number of nitrogens with one attached hydrogen (secondary N) is 1. The van der Waals surface area contributed by atoms with Crippen molar-refractivity contribution in [2.24, 2.45) is 5.92 Å². The second-order valence-electron chi connectivity index (χ2n) is 12.7. The lowest BCUT2D eigenvalue weighted by Crippen LogP contribution is -2.50. The average Bonchev–Trinajstić information content (AvgIpc) is 3.57. The maximum Gasteiger partial charge on any atom is 0.410 e. The Morgan fingerprint density at radius 1 is 1.07 bits per heavy atom. The van der Waals surface area contributed by atoms with E-state index < -0.39 is 6.10 Å². The summed E-state index contributed by atoms with van der Waals surface area (Å²) in [5.74, 6) is 0.0583. The first-order valence-electron chi connectivity index (χ1n) is 15.8. The van der Waals surface area contributed by atoms with Crippen LogP contribution in [-0.2, 0) is 28.5 Å². The highest BCUT2D eigenvalue weighted by atomic mass is 16.6. The molecule has 0 aliphatic carbocycles. The lowest BCUT2D eigenvalue weighted by molar-refractivity contribution is -0.123. The van der Waals surface area contributed by atoms with Gasteiger partial charge in [-0.3, -0.25) is 4.79 Å². The molecule has 4 aliphatic rings. The molecular formula is C33H50N2O7. The van der Waals surface area contributed by atoms with E-state index >= 15 is 0 Å². The van der Waals surface area contributed by atoms with Crippen LogP contribution >= 0.6 is 0 Å². The Hall–Kier alpha value is -2.49. The third-order valence-electron chi connectivity index (χ3n) is 9.15. The minimum atomic E-state index is -0.480. The second-order valence-corrected chi connectivity index (χ2v) is 12.7. The Bertz CT molecular complexity index is 1040. The van der Waals surface area contributed by atoms with Crippen LogP contribution in [0.15, 0.2) is 36.0 Å². The van der Waals surface area contributed by atoms with Crippen molar-refractivity contribution in [3.8, 4) is 0 Å². The summed E-state index contributed by atoms with van der Waals surface area (Å²) < 4.78 is 23.8. The number of amides is 2. The minimum absolute atomic E-state index is 0.0631. The van der Waals surface area contributed by atoms with Crippen molar-refractivity contribution >= 4 is 18.3 Å². The number of carbonyl (C=O) groups excluding carboxylic acids is 3. The van der Waals surface area contributed by atoms with E-state index in [2.05, 4.69) is 44.3 Å². The van der Waals surface area contributed by atoms with Crippen LogP contribution in [0.2, 0.25) is 0 Å². The normalized spacial score (nSPS) is 36.3. The standard InChI is InChI=1S/C33H50N2O7/c1-22(9-12-27-20-33(26(5)42-33)21-28(41-27)15-18-36)10-13-30-23(2)19-29(25(4)40-30)34-31(37)14-11-24(3)39-32(38)35-16-7-6-8-17-35/h9-12,14,18,23-30H,6-8,13,15-17,19-21H2,1-5H3,(H,34,37)/b12-9+,14-11-,22-10+/t23?,24?,25?,26?,27?,28-,29?,30+,33?/m1/s1. The molecule has 4 rings (SSSR count). The molecule has 9 heteroatoms.